The maximum atomic E-state index is 11.3. The number of hydrogen-bond acceptors (Lipinski definition) is 1. The molecule has 0 bridgehead atoms. The molecule has 0 atom stereocenters. The molecule has 9 heavy (non-hydrogen) atoms. The topological polar surface area (TPSA) is 9.23 Å². The largest absolute Gasteiger partial charge is 0.791 e. The lowest BCUT2D eigenvalue weighted by molar-refractivity contribution is 0.305. The second kappa shape index (κ2) is 4.07. The van der Waals surface area contributed by atoms with Gasteiger partial charge in [0.15, 0.2) is 9.76 Å². The molecule has 6 heteroatoms. The molecule has 0 heterocycles. The molecule has 0 aromatic rings. The molecule has 0 saturated carbocycles. The monoisotopic (exact) mass is 174 g/mol. The summed E-state index contributed by atoms with van der Waals surface area (Å²) >= 11 is 0. The van der Waals surface area contributed by atoms with Crippen molar-refractivity contribution in [3.05, 3.63) is 0 Å². The minimum absolute atomic E-state index is 0.631. The zero-order valence-electron chi connectivity index (χ0n) is 5.16. The SMILES string of the molecule is CCC[SiH2]O[Si](F)(F)F. The standard InChI is InChI=1S/C3H9F3OSi2/c1-2-3-8-7-9(4,5)6/h2-3,8H2,1H3. The fourth-order valence-electron chi connectivity index (χ4n) is 0.332. The van der Waals surface area contributed by atoms with Gasteiger partial charge in [-0.3, -0.25) is 0 Å². The van der Waals surface area contributed by atoms with Gasteiger partial charge in [0.05, 0.1) is 0 Å². The van der Waals surface area contributed by atoms with Crippen LogP contribution in [0.2, 0.25) is 6.04 Å². The number of rotatable bonds is 4. The van der Waals surface area contributed by atoms with E-state index in [2.05, 4.69) is 4.12 Å². The zero-order valence-corrected chi connectivity index (χ0v) is 7.58. The van der Waals surface area contributed by atoms with Crippen LogP contribution in [0.1, 0.15) is 13.3 Å². The molecule has 0 spiro atoms. The number of halogens is 3. The summed E-state index contributed by atoms with van der Waals surface area (Å²) in [5.41, 5.74) is 0. The Morgan fingerprint density at radius 3 is 2.33 bits per heavy atom. The third-order valence-electron chi connectivity index (χ3n) is 0.764. The van der Waals surface area contributed by atoms with Crippen LogP contribution in [0, 0.1) is 0 Å². The zero-order chi connectivity index (χ0) is 7.33. The summed E-state index contributed by atoms with van der Waals surface area (Å²) in [5.74, 6) is 0. The van der Waals surface area contributed by atoms with Crippen LogP contribution in [0.5, 0.6) is 0 Å². The van der Waals surface area contributed by atoms with Gasteiger partial charge in [-0.05, 0) is 6.04 Å². The van der Waals surface area contributed by atoms with Gasteiger partial charge in [-0.25, -0.2) is 12.3 Å². The van der Waals surface area contributed by atoms with Crippen molar-refractivity contribution in [1.29, 1.82) is 0 Å². The van der Waals surface area contributed by atoms with Gasteiger partial charge < -0.3 is 4.12 Å². The van der Waals surface area contributed by atoms with Gasteiger partial charge in [0.1, 0.15) is 0 Å². The second-order valence-electron chi connectivity index (χ2n) is 1.65. The highest BCUT2D eigenvalue weighted by molar-refractivity contribution is 6.58. The highest BCUT2D eigenvalue weighted by atomic mass is 28.5. The Balaban J connectivity index is 3.07. The molecule has 0 N–H and O–H groups in total. The van der Waals surface area contributed by atoms with E-state index in [-0.39, 0.29) is 0 Å². The van der Waals surface area contributed by atoms with E-state index in [1.807, 2.05) is 6.92 Å². The quantitative estimate of drug-likeness (QED) is 0.354. The van der Waals surface area contributed by atoms with E-state index in [9.17, 15) is 12.3 Å². The molecule has 0 aromatic carbocycles. The maximum absolute atomic E-state index is 11.3. The Hall–Kier alpha value is 0.184. The van der Waals surface area contributed by atoms with E-state index >= 15 is 0 Å². The fourth-order valence-corrected chi connectivity index (χ4v) is 2.12. The van der Waals surface area contributed by atoms with Gasteiger partial charge in [-0.1, -0.05) is 13.3 Å². The van der Waals surface area contributed by atoms with Gasteiger partial charge in [0.2, 0.25) is 0 Å². The molecule has 1 nitrogen and oxygen atoms in total. The van der Waals surface area contributed by atoms with E-state index in [0.29, 0.717) is 6.04 Å². The normalized spacial score (nSPS) is 13.3. The smallest absolute Gasteiger partial charge is 0.391 e. The summed E-state index contributed by atoms with van der Waals surface area (Å²) in [7, 11) is -6.89. The van der Waals surface area contributed by atoms with E-state index < -0.39 is 19.1 Å². The maximum Gasteiger partial charge on any atom is 0.791 e. The van der Waals surface area contributed by atoms with E-state index in [1.165, 1.54) is 0 Å². The molecule has 0 aliphatic carbocycles. The third kappa shape index (κ3) is 8.18. The van der Waals surface area contributed by atoms with Gasteiger partial charge in [0.25, 0.3) is 0 Å². The summed E-state index contributed by atoms with van der Waals surface area (Å²) < 4.78 is 37.7. The first-order valence-electron chi connectivity index (χ1n) is 2.77. The van der Waals surface area contributed by atoms with Crippen molar-refractivity contribution in [2.75, 3.05) is 0 Å². The molecule has 0 rings (SSSR count). The molecular formula is C3H9F3OSi2. The van der Waals surface area contributed by atoms with Crippen LogP contribution in [0.4, 0.5) is 12.3 Å². The molecule has 0 amide bonds. The number of hydrogen-bond donors (Lipinski definition) is 0. The molecule has 0 aliphatic rings. The van der Waals surface area contributed by atoms with Gasteiger partial charge in [-0.2, -0.15) is 0 Å². The molecule has 0 fully saturated rings. The van der Waals surface area contributed by atoms with E-state index in [0.717, 1.165) is 6.42 Å². The van der Waals surface area contributed by atoms with Crippen LogP contribution in [-0.2, 0) is 4.12 Å². The first-order valence-corrected chi connectivity index (χ1v) is 5.89. The lowest BCUT2D eigenvalue weighted by atomic mass is 10.6. The van der Waals surface area contributed by atoms with Crippen LogP contribution >= 0.6 is 0 Å². The van der Waals surface area contributed by atoms with Crippen molar-refractivity contribution in [3.8, 4) is 0 Å². The Morgan fingerprint density at radius 2 is 2.00 bits per heavy atom. The van der Waals surface area contributed by atoms with Gasteiger partial charge in [0, 0.05) is 0 Å². The van der Waals surface area contributed by atoms with Crippen molar-refractivity contribution in [2.45, 2.75) is 19.4 Å². The summed E-state index contributed by atoms with van der Waals surface area (Å²) in [4.78, 5) is 0. The second-order valence-corrected chi connectivity index (χ2v) is 4.81. The third-order valence-corrected chi connectivity index (χ3v) is 3.89. The summed E-state index contributed by atoms with van der Waals surface area (Å²) in [6.07, 6.45) is 0.802. The fraction of sp³-hybridized carbons (Fsp3) is 1.00. The van der Waals surface area contributed by atoms with Crippen LogP contribution in [0.25, 0.3) is 0 Å². The molecule has 0 radical (unpaired) electrons. The lowest BCUT2D eigenvalue weighted by Crippen LogP contribution is -2.23. The summed E-state index contributed by atoms with van der Waals surface area (Å²) in [5, 5.41) is 0. The average molecular weight is 174 g/mol. The van der Waals surface area contributed by atoms with E-state index in [1.54, 1.807) is 0 Å². The summed E-state index contributed by atoms with van der Waals surface area (Å²) in [6.45, 7) is 1.86. The highest BCUT2D eigenvalue weighted by Gasteiger charge is 2.40. The molecule has 0 saturated heterocycles. The van der Waals surface area contributed by atoms with Gasteiger partial charge in [-0.15, -0.1) is 0 Å². The minimum atomic E-state index is -5.63. The van der Waals surface area contributed by atoms with Crippen molar-refractivity contribution in [2.24, 2.45) is 0 Å². The molecule has 0 unspecified atom stereocenters. The predicted octanol–water partition coefficient (Wildman–Crippen LogP) is 1.26. The average Bonchev–Trinajstić information content (AvgIpc) is 1.63. The molecular weight excluding hydrogens is 165 g/mol. The van der Waals surface area contributed by atoms with Crippen molar-refractivity contribution in [3.63, 3.8) is 0 Å². The van der Waals surface area contributed by atoms with Crippen LogP contribution < -0.4 is 0 Å². The lowest BCUT2D eigenvalue weighted by Gasteiger charge is -2.01. The first kappa shape index (κ1) is 9.18. The Morgan fingerprint density at radius 1 is 1.44 bits per heavy atom. The predicted molar refractivity (Wildman–Crippen MR) is 33.8 cm³/mol. The Bertz CT molecular complexity index is 73.9. The first-order chi connectivity index (χ1) is 4.06. The molecule has 0 aliphatic heterocycles. The Labute approximate surface area is 55.8 Å². The van der Waals surface area contributed by atoms with Crippen LogP contribution in [-0.4, -0.2) is 19.1 Å². The molecule has 56 valence electrons. The molecule has 0 aromatic heterocycles. The highest BCUT2D eigenvalue weighted by Crippen LogP contribution is 2.09. The van der Waals surface area contributed by atoms with Crippen molar-refractivity contribution >= 4 is 19.1 Å². The minimum Gasteiger partial charge on any atom is -0.391 e. The Kier molecular flexibility index (Phi) is 4.16. The van der Waals surface area contributed by atoms with Crippen LogP contribution in [0.3, 0.4) is 0 Å². The van der Waals surface area contributed by atoms with Crippen molar-refractivity contribution in [1.82, 2.24) is 0 Å². The summed E-state index contributed by atoms with van der Waals surface area (Å²) in [6, 6.07) is 0.631. The van der Waals surface area contributed by atoms with Gasteiger partial charge >= 0.3 is 9.32 Å². The van der Waals surface area contributed by atoms with Crippen LogP contribution in [0.15, 0.2) is 0 Å². The van der Waals surface area contributed by atoms with Crippen molar-refractivity contribution < 1.29 is 16.4 Å². The van der Waals surface area contributed by atoms with E-state index in [4.69, 9.17) is 0 Å².